The Labute approximate surface area is 116 Å². The lowest BCUT2D eigenvalue weighted by Gasteiger charge is -2.38. The molecule has 1 fully saturated rings. The zero-order chi connectivity index (χ0) is 14.0. The van der Waals surface area contributed by atoms with Crippen molar-refractivity contribution < 1.29 is 5.21 Å². The van der Waals surface area contributed by atoms with Gasteiger partial charge in [0.25, 0.3) is 0 Å². The van der Waals surface area contributed by atoms with E-state index in [4.69, 9.17) is 0 Å². The highest BCUT2D eigenvalue weighted by Crippen LogP contribution is 2.42. The van der Waals surface area contributed by atoms with Crippen LogP contribution in [0, 0.1) is 18.3 Å². The second kappa shape index (κ2) is 5.36. The fourth-order valence-corrected chi connectivity index (χ4v) is 3.07. The van der Waals surface area contributed by atoms with Gasteiger partial charge in [-0.05, 0) is 43.1 Å². The maximum Gasteiger partial charge on any atom is 0.0645 e. The van der Waals surface area contributed by atoms with E-state index < -0.39 is 0 Å². The van der Waals surface area contributed by atoms with Crippen LogP contribution in [0.5, 0.6) is 0 Å². The summed E-state index contributed by atoms with van der Waals surface area (Å²) in [6, 6.07) is 8.64. The predicted octanol–water partition coefficient (Wildman–Crippen LogP) is 4.76. The number of oxime groups is 1. The van der Waals surface area contributed by atoms with Crippen molar-refractivity contribution in [2.24, 2.45) is 16.5 Å². The molecule has 1 aliphatic carbocycles. The van der Waals surface area contributed by atoms with Crippen LogP contribution in [0.15, 0.2) is 29.4 Å². The molecule has 104 valence electrons. The average Bonchev–Trinajstić information content (AvgIpc) is 2.38. The smallest absolute Gasteiger partial charge is 0.0645 e. The summed E-state index contributed by atoms with van der Waals surface area (Å²) in [6.07, 6.45) is 3.13. The molecule has 2 atom stereocenters. The largest absolute Gasteiger partial charge is 0.411 e. The molecule has 0 spiro atoms. The Hall–Kier alpha value is -1.31. The van der Waals surface area contributed by atoms with Crippen LogP contribution >= 0.6 is 0 Å². The van der Waals surface area contributed by atoms with Crippen molar-refractivity contribution in [1.82, 2.24) is 0 Å². The third-order valence-corrected chi connectivity index (χ3v) is 4.50. The summed E-state index contributed by atoms with van der Waals surface area (Å²) in [5.41, 5.74) is 3.83. The topological polar surface area (TPSA) is 32.6 Å². The molecule has 2 heteroatoms. The molecule has 0 heterocycles. The molecule has 0 bridgehead atoms. The van der Waals surface area contributed by atoms with Crippen molar-refractivity contribution >= 4 is 5.71 Å². The van der Waals surface area contributed by atoms with Gasteiger partial charge in [0.15, 0.2) is 0 Å². The Morgan fingerprint density at radius 2 is 1.79 bits per heavy atom. The van der Waals surface area contributed by atoms with Crippen molar-refractivity contribution in [3.8, 4) is 0 Å². The second-order valence-corrected chi connectivity index (χ2v) is 6.89. The van der Waals surface area contributed by atoms with Gasteiger partial charge in [-0.25, -0.2) is 0 Å². The SMILES string of the molecule is Cc1ccc([C@H]2C[C@H](C(C)(C)C)CC/C2=N\O)cc1. The molecular formula is C17H25NO. The highest BCUT2D eigenvalue weighted by molar-refractivity contribution is 5.91. The van der Waals surface area contributed by atoms with Gasteiger partial charge in [0.05, 0.1) is 5.71 Å². The Morgan fingerprint density at radius 1 is 1.16 bits per heavy atom. The summed E-state index contributed by atoms with van der Waals surface area (Å²) in [7, 11) is 0. The van der Waals surface area contributed by atoms with E-state index in [9.17, 15) is 5.21 Å². The van der Waals surface area contributed by atoms with Crippen molar-refractivity contribution in [2.45, 2.75) is 52.9 Å². The Balaban J connectivity index is 2.26. The van der Waals surface area contributed by atoms with Crippen LogP contribution < -0.4 is 0 Å². The van der Waals surface area contributed by atoms with E-state index in [1.54, 1.807) is 0 Å². The van der Waals surface area contributed by atoms with Crippen LogP contribution in [-0.2, 0) is 0 Å². The molecule has 1 saturated carbocycles. The summed E-state index contributed by atoms with van der Waals surface area (Å²) >= 11 is 0. The summed E-state index contributed by atoms with van der Waals surface area (Å²) in [6.45, 7) is 9.03. The van der Waals surface area contributed by atoms with Crippen LogP contribution in [0.3, 0.4) is 0 Å². The number of benzene rings is 1. The highest BCUT2D eigenvalue weighted by atomic mass is 16.4. The average molecular weight is 259 g/mol. The van der Waals surface area contributed by atoms with E-state index in [0.717, 1.165) is 25.0 Å². The van der Waals surface area contributed by atoms with Gasteiger partial charge in [0, 0.05) is 5.92 Å². The van der Waals surface area contributed by atoms with Crippen LogP contribution in [-0.4, -0.2) is 10.9 Å². The zero-order valence-corrected chi connectivity index (χ0v) is 12.5. The Kier molecular flexibility index (Phi) is 3.98. The van der Waals surface area contributed by atoms with E-state index in [-0.39, 0.29) is 5.92 Å². The number of hydrogen-bond acceptors (Lipinski definition) is 2. The molecule has 19 heavy (non-hydrogen) atoms. The van der Waals surface area contributed by atoms with Crippen LogP contribution in [0.25, 0.3) is 0 Å². The fourth-order valence-electron chi connectivity index (χ4n) is 3.07. The lowest BCUT2D eigenvalue weighted by Crippen LogP contribution is -2.31. The van der Waals surface area contributed by atoms with Gasteiger partial charge in [-0.2, -0.15) is 0 Å². The van der Waals surface area contributed by atoms with Gasteiger partial charge in [0.2, 0.25) is 0 Å². The summed E-state index contributed by atoms with van der Waals surface area (Å²) in [5, 5.41) is 12.8. The van der Waals surface area contributed by atoms with Crippen molar-refractivity contribution in [3.63, 3.8) is 0 Å². The lowest BCUT2D eigenvalue weighted by molar-refractivity contribution is 0.197. The number of rotatable bonds is 1. The van der Waals surface area contributed by atoms with Crippen LogP contribution in [0.4, 0.5) is 0 Å². The minimum atomic E-state index is 0.281. The van der Waals surface area contributed by atoms with Gasteiger partial charge in [0.1, 0.15) is 0 Å². The maximum atomic E-state index is 9.25. The zero-order valence-electron chi connectivity index (χ0n) is 12.5. The minimum absolute atomic E-state index is 0.281. The van der Waals surface area contributed by atoms with E-state index in [1.807, 2.05) is 0 Å². The predicted molar refractivity (Wildman–Crippen MR) is 79.9 cm³/mol. The first kappa shape index (κ1) is 14.1. The number of nitrogens with zero attached hydrogens (tertiary/aromatic N) is 1. The van der Waals surface area contributed by atoms with E-state index in [1.165, 1.54) is 11.1 Å². The standard InChI is InChI=1S/C17H25NO/c1-12-5-7-13(8-6-12)15-11-14(17(2,3)4)9-10-16(15)18-19/h5-8,14-15,19H,9-11H2,1-4H3/b18-16+/t14-,15-/m1/s1. The van der Waals surface area contributed by atoms with E-state index >= 15 is 0 Å². The summed E-state index contributed by atoms with van der Waals surface area (Å²) in [5.74, 6) is 0.966. The third kappa shape index (κ3) is 3.17. The van der Waals surface area contributed by atoms with Crippen LogP contribution in [0.1, 0.15) is 57.1 Å². The van der Waals surface area contributed by atoms with Gasteiger partial charge < -0.3 is 5.21 Å². The first-order valence-electron chi connectivity index (χ1n) is 7.19. The lowest BCUT2D eigenvalue weighted by atomic mass is 9.67. The first-order chi connectivity index (χ1) is 8.91. The summed E-state index contributed by atoms with van der Waals surface area (Å²) in [4.78, 5) is 0. The Bertz CT molecular complexity index is 453. The highest BCUT2D eigenvalue weighted by Gasteiger charge is 2.34. The number of aryl methyl sites for hydroxylation is 1. The van der Waals surface area contributed by atoms with Gasteiger partial charge in [-0.1, -0.05) is 55.8 Å². The van der Waals surface area contributed by atoms with Crippen molar-refractivity contribution in [2.75, 3.05) is 0 Å². The van der Waals surface area contributed by atoms with Crippen LogP contribution in [0.2, 0.25) is 0 Å². The Morgan fingerprint density at radius 3 is 2.32 bits per heavy atom. The van der Waals surface area contributed by atoms with Crippen molar-refractivity contribution in [1.29, 1.82) is 0 Å². The molecule has 1 N–H and O–H groups in total. The van der Waals surface area contributed by atoms with Gasteiger partial charge >= 0.3 is 0 Å². The van der Waals surface area contributed by atoms with E-state index in [2.05, 4.69) is 57.1 Å². The quantitative estimate of drug-likeness (QED) is 0.572. The monoisotopic (exact) mass is 259 g/mol. The molecule has 0 unspecified atom stereocenters. The minimum Gasteiger partial charge on any atom is -0.411 e. The molecule has 0 saturated heterocycles. The van der Waals surface area contributed by atoms with E-state index in [0.29, 0.717) is 11.3 Å². The van der Waals surface area contributed by atoms with Gasteiger partial charge in [-0.3, -0.25) is 0 Å². The van der Waals surface area contributed by atoms with Crippen molar-refractivity contribution in [3.05, 3.63) is 35.4 Å². The fraction of sp³-hybridized carbons (Fsp3) is 0.588. The molecular weight excluding hydrogens is 234 g/mol. The molecule has 0 aromatic heterocycles. The third-order valence-electron chi connectivity index (χ3n) is 4.50. The maximum absolute atomic E-state index is 9.25. The second-order valence-electron chi connectivity index (χ2n) is 6.89. The molecule has 1 aliphatic rings. The molecule has 1 aromatic rings. The molecule has 1 aromatic carbocycles. The molecule has 0 radical (unpaired) electrons. The number of hydrogen-bond donors (Lipinski definition) is 1. The molecule has 0 amide bonds. The molecule has 2 nitrogen and oxygen atoms in total. The molecule has 2 rings (SSSR count). The first-order valence-corrected chi connectivity index (χ1v) is 7.19. The van der Waals surface area contributed by atoms with Gasteiger partial charge in [-0.15, -0.1) is 0 Å². The normalized spacial score (nSPS) is 26.6. The molecule has 0 aliphatic heterocycles. The summed E-state index contributed by atoms with van der Waals surface area (Å²) < 4.78 is 0.